The first-order valence-corrected chi connectivity index (χ1v) is 8.42. The average molecular weight is 369 g/mol. The van der Waals surface area contributed by atoms with E-state index >= 15 is 0 Å². The summed E-state index contributed by atoms with van der Waals surface area (Å²) in [6.07, 6.45) is 1.63. The van der Waals surface area contributed by atoms with Crippen molar-refractivity contribution >= 4 is 17.4 Å². The van der Waals surface area contributed by atoms with Crippen molar-refractivity contribution in [2.75, 3.05) is 6.61 Å². The van der Waals surface area contributed by atoms with Crippen LogP contribution in [0.15, 0.2) is 47.1 Å². The number of hydrogen-bond donors (Lipinski definition) is 0. The molecule has 26 heavy (non-hydrogen) atoms. The van der Waals surface area contributed by atoms with Crippen LogP contribution < -0.4 is 4.74 Å². The minimum atomic E-state index is -0.135. The third-order valence-corrected chi connectivity index (χ3v) is 4.48. The van der Waals surface area contributed by atoms with E-state index in [0.29, 0.717) is 28.4 Å². The molecule has 0 amide bonds. The topological polar surface area (TPSA) is 68.2 Å². The van der Waals surface area contributed by atoms with Gasteiger partial charge in [0.1, 0.15) is 11.5 Å². The maximum atomic E-state index is 12.6. The van der Waals surface area contributed by atoms with Crippen LogP contribution in [0.4, 0.5) is 0 Å². The van der Waals surface area contributed by atoms with Gasteiger partial charge in [-0.3, -0.25) is 4.79 Å². The molecule has 0 atom stereocenters. The van der Waals surface area contributed by atoms with E-state index in [1.54, 1.807) is 18.4 Å². The van der Waals surface area contributed by atoms with Gasteiger partial charge in [-0.15, -0.1) is 0 Å². The molecule has 0 aliphatic rings. The number of furan rings is 1. The number of halogens is 1. The number of aryl methyl sites for hydroxylation is 1. The summed E-state index contributed by atoms with van der Waals surface area (Å²) in [6.45, 7) is 4.29. The van der Waals surface area contributed by atoms with Crippen LogP contribution in [0.3, 0.4) is 0 Å². The predicted octanol–water partition coefficient (Wildman–Crippen LogP) is 4.53. The number of nitriles is 1. The first kappa shape index (κ1) is 17.8. The van der Waals surface area contributed by atoms with Gasteiger partial charge in [0.15, 0.2) is 6.61 Å². The van der Waals surface area contributed by atoms with E-state index in [9.17, 15) is 4.79 Å². The normalized spacial score (nSPS) is 10.5. The van der Waals surface area contributed by atoms with Crippen LogP contribution in [-0.2, 0) is 6.54 Å². The van der Waals surface area contributed by atoms with Gasteiger partial charge in [-0.1, -0.05) is 11.6 Å². The van der Waals surface area contributed by atoms with Gasteiger partial charge in [0.05, 0.1) is 29.5 Å². The summed E-state index contributed by atoms with van der Waals surface area (Å²) in [4.78, 5) is 12.6. The fraction of sp³-hybridized carbons (Fsp3) is 0.200. The van der Waals surface area contributed by atoms with Crippen molar-refractivity contribution in [1.29, 1.82) is 5.26 Å². The Labute approximate surface area is 156 Å². The van der Waals surface area contributed by atoms with Gasteiger partial charge in [-0.2, -0.15) is 5.26 Å². The highest BCUT2D eigenvalue weighted by molar-refractivity contribution is 6.32. The van der Waals surface area contributed by atoms with Crippen molar-refractivity contribution < 1.29 is 13.9 Å². The standard InChI is InChI=1S/C20H17ClN2O3/c1-13-8-17(14(2)23(13)11-16-4-3-7-25-16)19(24)12-26-20-6-5-15(10-22)9-18(20)21/h3-9H,11-12H2,1-2H3. The molecule has 0 saturated carbocycles. The first-order valence-electron chi connectivity index (χ1n) is 8.04. The number of nitrogens with zero attached hydrogens (tertiary/aromatic N) is 2. The smallest absolute Gasteiger partial charge is 0.202 e. The van der Waals surface area contributed by atoms with Gasteiger partial charge in [0, 0.05) is 17.0 Å². The SMILES string of the molecule is Cc1cc(C(=O)COc2ccc(C#N)cc2Cl)c(C)n1Cc1ccco1. The number of benzene rings is 1. The molecule has 0 saturated heterocycles. The van der Waals surface area contributed by atoms with E-state index < -0.39 is 0 Å². The Kier molecular flexibility index (Phi) is 5.15. The summed E-state index contributed by atoms with van der Waals surface area (Å²) in [5.41, 5.74) is 2.88. The van der Waals surface area contributed by atoms with Crippen LogP contribution in [0.5, 0.6) is 5.75 Å². The van der Waals surface area contributed by atoms with Gasteiger partial charge in [0.2, 0.25) is 5.78 Å². The Hall–Kier alpha value is -2.97. The van der Waals surface area contributed by atoms with Crippen molar-refractivity contribution in [2.24, 2.45) is 0 Å². The minimum absolute atomic E-state index is 0.128. The summed E-state index contributed by atoms with van der Waals surface area (Å²) in [6, 6.07) is 12.3. The molecule has 132 valence electrons. The molecule has 0 radical (unpaired) electrons. The fourth-order valence-corrected chi connectivity index (χ4v) is 3.03. The fourth-order valence-electron chi connectivity index (χ4n) is 2.79. The van der Waals surface area contributed by atoms with E-state index in [0.717, 1.165) is 17.1 Å². The van der Waals surface area contributed by atoms with Crippen LogP contribution >= 0.6 is 11.6 Å². The zero-order chi connectivity index (χ0) is 18.7. The molecular formula is C20H17ClN2O3. The van der Waals surface area contributed by atoms with Crippen molar-refractivity contribution in [1.82, 2.24) is 4.57 Å². The number of carbonyl (C=O) groups is 1. The van der Waals surface area contributed by atoms with Crippen LogP contribution in [0.2, 0.25) is 5.02 Å². The molecule has 0 N–H and O–H groups in total. The molecule has 0 bridgehead atoms. The number of hydrogen-bond acceptors (Lipinski definition) is 4. The molecular weight excluding hydrogens is 352 g/mol. The quantitative estimate of drug-likeness (QED) is 0.599. The monoisotopic (exact) mass is 368 g/mol. The predicted molar refractivity (Wildman–Crippen MR) is 97.7 cm³/mol. The Bertz CT molecular complexity index is 981. The molecule has 1 aromatic carbocycles. The third-order valence-electron chi connectivity index (χ3n) is 4.19. The number of aromatic nitrogens is 1. The van der Waals surface area contributed by atoms with Crippen LogP contribution in [0.1, 0.15) is 33.1 Å². The van der Waals surface area contributed by atoms with Crippen molar-refractivity contribution in [3.05, 3.63) is 76.0 Å². The van der Waals surface area contributed by atoms with E-state index in [-0.39, 0.29) is 12.4 Å². The molecule has 0 aliphatic heterocycles. The molecule has 0 unspecified atom stereocenters. The lowest BCUT2D eigenvalue weighted by Crippen LogP contribution is -2.13. The lowest BCUT2D eigenvalue weighted by molar-refractivity contribution is 0.0921. The maximum Gasteiger partial charge on any atom is 0.202 e. The second kappa shape index (κ2) is 7.51. The van der Waals surface area contributed by atoms with Gasteiger partial charge < -0.3 is 13.7 Å². The summed E-state index contributed by atoms with van der Waals surface area (Å²) in [5, 5.41) is 9.16. The Morgan fingerprint density at radius 1 is 1.31 bits per heavy atom. The summed E-state index contributed by atoms with van der Waals surface area (Å²) in [5.74, 6) is 1.07. The van der Waals surface area contributed by atoms with Gasteiger partial charge >= 0.3 is 0 Å². The second-order valence-electron chi connectivity index (χ2n) is 5.92. The Balaban J connectivity index is 1.73. The van der Waals surface area contributed by atoms with E-state index in [2.05, 4.69) is 0 Å². The van der Waals surface area contributed by atoms with Crippen LogP contribution in [0.25, 0.3) is 0 Å². The van der Waals surface area contributed by atoms with E-state index in [4.69, 9.17) is 26.0 Å². The maximum absolute atomic E-state index is 12.6. The van der Waals surface area contributed by atoms with Crippen LogP contribution in [-0.4, -0.2) is 17.0 Å². The second-order valence-corrected chi connectivity index (χ2v) is 6.33. The average Bonchev–Trinajstić information content (AvgIpc) is 3.24. The molecule has 3 aromatic rings. The van der Waals surface area contributed by atoms with Gasteiger partial charge in [-0.25, -0.2) is 0 Å². The number of carbonyl (C=O) groups excluding carboxylic acids is 1. The largest absolute Gasteiger partial charge is 0.484 e. The summed E-state index contributed by atoms with van der Waals surface area (Å²) in [7, 11) is 0. The van der Waals surface area contributed by atoms with Gasteiger partial charge in [0.25, 0.3) is 0 Å². The zero-order valence-electron chi connectivity index (χ0n) is 14.5. The summed E-state index contributed by atoms with van der Waals surface area (Å²) >= 11 is 6.08. The van der Waals surface area contributed by atoms with Crippen molar-refractivity contribution in [3.63, 3.8) is 0 Å². The zero-order valence-corrected chi connectivity index (χ0v) is 15.2. The number of ether oxygens (including phenoxy) is 1. The highest BCUT2D eigenvalue weighted by Gasteiger charge is 2.17. The van der Waals surface area contributed by atoms with E-state index in [1.165, 1.54) is 6.07 Å². The Morgan fingerprint density at radius 2 is 2.12 bits per heavy atom. The minimum Gasteiger partial charge on any atom is -0.484 e. The molecule has 3 rings (SSSR count). The Morgan fingerprint density at radius 3 is 2.77 bits per heavy atom. The lowest BCUT2D eigenvalue weighted by atomic mass is 10.1. The lowest BCUT2D eigenvalue weighted by Gasteiger charge is -2.09. The highest BCUT2D eigenvalue weighted by atomic mass is 35.5. The van der Waals surface area contributed by atoms with Crippen LogP contribution in [0, 0.1) is 25.2 Å². The summed E-state index contributed by atoms with van der Waals surface area (Å²) < 4.78 is 13.0. The number of Topliss-reactive ketones (excluding diaryl/α,β-unsaturated/α-hetero) is 1. The molecule has 0 aliphatic carbocycles. The molecule has 5 nitrogen and oxygen atoms in total. The van der Waals surface area contributed by atoms with Gasteiger partial charge in [-0.05, 0) is 50.2 Å². The molecule has 6 heteroatoms. The first-order chi connectivity index (χ1) is 12.5. The molecule has 2 aromatic heterocycles. The number of ketones is 1. The molecule has 0 fully saturated rings. The highest BCUT2D eigenvalue weighted by Crippen LogP contribution is 2.26. The number of rotatable bonds is 6. The third kappa shape index (κ3) is 3.66. The van der Waals surface area contributed by atoms with E-state index in [1.807, 2.05) is 42.7 Å². The molecule has 2 heterocycles. The van der Waals surface area contributed by atoms with Crippen molar-refractivity contribution in [2.45, 2.75) is 20.4 Å². The molecule has 0 spiro atoms. The van der Waals surface area contributed by atoms with Crippen molar-refractivity contribution in [3.8, 4) is 11.8 Å².